The zero-order valence-electron chi connectivity index (χ0n) is 41.0. The summed E-state index contributed by atoms with van der Waals surface area (Å²) in [6, 6.07) is 30.9. The molecule has 0 atom stereocenters. The van der Waals surface area contributed by atoms with Gasteiger partial charge >= 0.3 is 35.5 Å². The molecule has 6 heterocycles. The molecule has 3 aliphatic rings. The number of ketones is 1. The number of carbonyl (C=O) groups excluding carboxylic acids is 2. The largest absolute Gasteiger partial charge is 1.00 e. The molecule has 386 valence electrons. The number of hydrogen-bond acceptors (Lipinski definition) is 14. The van der Waals surface area contributed by atoms with Gasteiger partial charge in [0.15, 0.2) is 5.69 Å². The molecule has 0 aliphatic carbocycles. The number of aromatic amines is 3. The van der Waals surface area contributed by atoms with E-state index in [0.717, 1.165) is 67.1 Å². The van der Waals surface area contributed by atoms with Crippen LogP contribution in [0.25, 0.3) is 33.0 Å². The topological polar surface area (TPSA) is 277 Å². The molecule has 0 unspecified atom stereocenters. The number of halogens is 2. The summed E-state index contributed by atoms with van der Waals surface area (Å²) in [5.74, 6) is -1.31. The third kappa shape index (κ3) is 25.3. The van der Waals surface area contributed by atoms with E-state index in [1.807, 2.05) is 73.7 Å². The number of H-pyrrole nitrogens is 3. The number of benzene rings is 4. The Hall–Kier alpha value is -6.19. The quantitative estimate of drug-likeness (QED) is 0.0608. The van der Waals surface area contributed by atoms with Crippen LogP contribution in [0.2, 0.25) is 0 Å². The van der Waals surface area contributed by atoms with Crippen LogP contribution in [0, 0.1) is 13.8 Å². The Morgan fingerprint density at radius 3 is 1.40 bits per heavy atom. The fraction of sp³-hybridized carbons (Fsp3) is 0.365. The van der Waals surface area contributed by atoms with Gasteiger partial charge < -0.3 is 50.8 Å². The van der Waals surface area contributed by atoms with E-state index in [9.17, 15) is 32.8 Å². The van der Waals surface area contributed by atoms with E-state index in [2.05, 4.69) is 29.7 Å². The number of nitrogen functional groups attached to an aromatic ring is 2. The summed E-state index contributed by atoms with van der Waals surface area (Å²) in [6.07, 6.45) is 4.82. The number of nitrogens with one attached hydrogen (secondary N) is 3. The van der Waals surface area contributed by atoms with Gasteiger partial charge in [-0.2, -0.15) is 0 Å². The van der Waals surface area contributed by atoms with Crippen LogP contribution in [0.1, 0.15) is 83.2 Å². The average Bonchev–Trinajstić information content (AvgIpc) is 4.21. The maximum absolute atomic E-state index is 12.3. The molecule has 7 aromatic rings. The number of esters is 1. The maximum Gasteiger partial charge on any atom is 1.00 e. The van der Waals surface area contributed by atoms with Crippen LogP contribution >= 0.6 is 0 Å². The predicted molar refractivity (Wildman–Crippen MR) is 275 cm³/mol. The van der Waals surface area contributed by atoms with Gasteiger partial charge in [0, 0.05) is 57.6 Å². The number of nitrogens with zero attached hydrogens (tertiary/aromatic N) is 2. The third-order valence-corrected chi connectivity index (χ3v) is 9.58. The second kappa shape index (κ2) is 37.6. The Morgan fingerprint density at radius 2 is 1.01 bits per heavy atom. The number of ether oxygens (including phenoxy) is 4. The Bertz CT molecular complexity index is 2660. The van der Waals surface area contributed by atoms with Crippen molar-refractivity contribution in [1.82, 2.24) is 24.9 Å². The summed E-state index contributed by atoms with van der Waals surface area (Å²) in [7, 11) is 0. The number of hydrogen-bond donors (Lipinski definition) is 5. The van der Waals surface area contributed by atoms with Crippen LogP contribution < -0.4 is 57.7 Å². The van der Waals surface area contributed by atoms with Crippen LogP contribution in [-0.2, 0) is 28.5 Å². The minimum absolute atomic E-state index is 0. The molecule has 0 bridgehead atoms. The van der Waals surface area contributed by atoms with Crippen molar-refractivity contribution < 1.29 is 72.4 Å². The number of anilines is 2. The molecule has 17 nitrogen and oxygen atoms in total. The van der Waals surface area contributed by atoms with Crippen molar-refractivity contribution in [1.29, 1.82) is 0 Å². The molecular formula is C52H68F2N7NaO10. The van der Waals surface area contributed by atoms with Gasteiger partial charge in [0.05, 0.1) is 40.0 Å². The molecule has 10 rings (SSSR count). The van der Waals surface area contributed by atoms with Crippen LogP contribution in [-0.4, -0.2) is 88.4 Å². The molecule has 8 N–H and O–H groups in total. The van der Waals surface area contributed by atoms with E-state index in [-0.39, 0.29) is 60.2 Å². The van der Waals surface area contributed by atoms with Crippen LogP contribution in [0.4, 0.5) is 20.2 Å². The molecule has 3 aliphatic heterocycles. The first kappa shape index (κ1) is 65.8. The third-order valence-electron chi connectivity index (χ3n) is 9.58. The van der Waals surface area contributed by atoms with Gasteiger partial charge in [0.1, 0.15) is 5.69 Å². The molecule has 0 amide bonds. The molecule has 20 heteroatoms. The van der Waals surface area contributed by atoms with Crippen molar-refractivity contribution in [2.45, 2.75) is 80.1 Å². The Morgan fingerprint density at radius 1 is 0.625 bits per heavy atom. The number of fused-ring (bicyclic) bond motifs is 3. The smallest absolute Gasteiger partial charge is 0.870 e. The van der Waals surface area contributed by atoms with Crippen molar-refractivity contribution in [3.63, 3.8) is 0 Å². The SMILES string of the molecule is C.C1CCOC1.C1CCOC1.C1CCOC1.CCOC(=O)C(C)=O.Cc1cc2ccccc2[nH]c1=O.Cc1nc2ccccc2[nH]c1=O.Nc1ccccc1N.O=c1[nH]c2ccccc2nc1C(F)F.[Na+].[OH-]. The van der Waals surface area contributed by atoms with E-state index < -0.39 is 29.4 Å². The normalized spacial score (nSPS) is 12.5. The van der Waals surface area contributed by atoms with Crippen molar-refractivity contribution in [2.75, 3.05) is 57.7 Å². The van der Waals surface area contributed by atoms with Gasteiger partial charge in [-0.3, -0.25) is 19.2 Å². The Kier molecular flexibility index (Phi) is 34.3. The molecule has 3 aromatic heterocycles. The first-order valence-corrected chi connectivity index (χ1v) is 22.5. The van der Waals surface area contributed by atoms with Gasteiger partial charge in [0.2, 0.25) is 5.78 Å². The van der Waals surface area contributed by atoms with E-state index in [1.165, 1.54) is 45.4 Å². The Balaban J connectivity index is 0.000000817. The summed E-state index contributed by atoms with van der Waals surface area (Å²) in [6.45, 7) is 12.6. The van der Waals surface area contributed by atoms with Crippen molar-refractivity contribution in [3.8, 4) is 0 Å². The number of pyridine rings is 1. The van der Waals surface area contributed by atoms with E-state index in [4.69, 9.17) is 25.7 Å². The molecule has 72 heavy (non-hydrogen) atoms. The minimum atomic E-state index is -2.84. The van der Waals surface area contributed by atoms with Crippen LogP contribution in [0.15, 0.2) is 118 Å². The second-order valence-electron chi connectivity index (χ2n) is 15.2. The molecule has 0 radical (unpaired) electrons. The van der Waals surface area contributed by atoms with Gasteiger partial charge in [-0.1, -0.05) is 62.0 Å². The number of alkyl halides is 2. The summed E-state index contributed by atoms with van der Waals surface area (Å²) in [5, 5.41) is 1.08. The maximum atomic E-state index is 12.3. The Labute approximate surface area is 440 Å². The number of aromatic nitrogens is 5. The molecule has 3 fully saturated rings. The number of para-hydroxylation sites is 7. The van der Waals surface area contributed by atoms with E-state index in [1.54, 1.807) is 50.2 Å². The van der Waals surface area contributed by atoms with E-state index in [0.29, 0.717) is 28.1 Å². The van der Waals surface area contributed by atoms with Gasteiger partial charge in [-0.05, 0) is 113 Å². The van der Waals surface area contributed by atoms with E-state index >= 15 is 0 Å². The van der Waals surface area contributed by atoms with Crippen LogP contribution in [0.3, 0.4) is 0 Å². The number of rotatable bonds is 3. The summed E-state index contributed by atoms with van der Waals surface area (Å²) < 4.78 is 43.7. The summed E-state index contributed by atoms with van der Waals surface area (Å²) in [5.41, 5.74) is 15.0. The zero-order valence-corrected chi connectivity index (χ0v) is 43.0. The van der Waals surface area contributed by atoms with Gasteiger partial charge in [-0.25, -0.2) is 23.5 Å². The van der Waals surface area contributed by atoms with Crippen molar-refractivity contribution >= 4 is 56.1 Å². The van der Waals surface area contributed by atoms with Crippen molar-refractivity contribution in [3.05, 3.63) is 151 Å². The van der Waals surface area contributed by atoms with Gasteiger partial charge in [0.25, 0.3) is 23.1 Å². The van der Waals surface area contributed by atoms with Crippen molar-refractivity contribution in [2.24, 2.45) is 0 Å². The molecule has 3 saturated heterocycles. The number of nitrogens with two attached hydrogens (primary N) is 2. The standard InChI is InChI=1S/C10H9NO.C9H6F2N2O.C9H8N2O.C6H8N2.C5H8O3.3C4H8O.CH4.Na.H2O/c1-7-6-8-4-2-3-5-9(8)11-10(7)12;10-8(11)7-9(14)13-6-4-2-1-3-5(6)12-7;1-6-9(12)11-8-5-3-2-4-7(8)10-6;7-5-3-1-2-4-6(5)8;1-3-8-5(7)4(2)6;3*1-2-4-5-3-1;;;/h2-6H,1H3,(H,11,12);1-4,8H,(H,13,14);2-5H,1H3,(H,11,12);1-4H,7-8H2;3H2,1-2H3;3*1-4H2;1H4;;1H2/q;;;;;;;;;+1;/p-1. The molecular weight excluding hydrogens is 944 g/mol. The average molecular weight is 1010 g/mol. The minimum Gasteiger partial charge on any atom is -0.870 e. The first-order valence-electron chi connectivity index (χ1n) is 22.5. The molecule has 4 aromatic carbocycles. The number of carbonyl (C=O) groups is 2. The number of aryl methyl sites for hydroxylation is 2. The van der Waals surface area contributed by atoms with Crippen LogP contribution in [0.5, 0.6) is 0 Å². The summed E-state index contributed by atoms with van der Waals surface area (Å²) >= 11 is 0. The molecule has 0 spiro atoms. The fourth-order valence-electron chi connectivity index (χ4n) is 5.84. The first-order chi connectivity index (χ1) is 33.2. The van der Waals surface area contributed by atoms with Gasteiger partial charge in [-0.15, -0.1) is 0 Å². The fourth-order valence-corrected chi connectivity index (χ4v) is 5.84. The summed E-state index contributed by atoms with van der Waals surface area (Å²) in [4.78, 5) is 69.2. The zero-order chi connectivity index (χ0) is 50.4. The second-order valence-corrected chi connectivity index (χ2v) is 15.2. The predicted octanol–water partition coefficient (Wildman–Crippen LogP) is 5.77. The number of Topliss-reactive ketones (excluding diaryl/α,β-unsaturated/α-hetero) is 1. The molecule has 0 saturated carbocycles. The monoisotopic (exact) mass is 1010 g/mol.